The summed E-state index contributed by atoms with van der Waals surface area (Å²) in [5.74, 6) is 2.83. The number of aliphatic hydroxyl groups is 1. The topological polar surface area (TPSA) is 43.8 Å². The lowest BCUT2D eigenvalue weighted by molar-refractivity contribution is -0.135. The minimum absolute atomic E-state index is 0.180. The van der Waals surface area contributed by atoms with E-state index in [9.17, 15) is 9.90 Å². The van der Waals surface area contributed by atoms with Gasteiger partial charge in [0.25, 0.3) is 0 Å². The summed E-state index contributed by atoms with van der Waals surface area (Å²) < 4.78 is 0. The first-order valence-electron chi connectivity index (χ1n) is 8.39. The maximum Gasteiger partial charge on any atom is 0.222 e. The maximum atomic E-state index is 12.5. The fraction of sp³-hybridized carbons (Fsp3) is 0.938. The van der Waals surface area contributed by atoms with E-state index in [-0.39, 0.29) is 6.10 Å². The minimum Gasteiger partial charge on any atom is -0.392 e. The van der Waals surface area contributed by atoms with Crippen molar-refractivity contribution in [1.29, 1.82) is 0 Å². The number of carbonyl (C=O) groups is 1. The number of amides is 1. The van der Waals surface area contributed by atoms with Gasteiger partial charge in [0, 0.05) is 38.6 Å². The molecule has 1 N–H and O–H groups in total. The van der Waals surface area contributed by atoms with E-state index in [1.165, 1.54) is 25.7 Å². The zero-order valence-corrected chi connectivity index (χ0v) is 12.2. The molecule has 4 heteroatoms. The van der Waals surface area contributed by atoms with Gasteiger partial charge in [-0.1, -0.05) is 6.42 Å². The van der Waals surface area contributed by atoms with Crippen molar-refractivity contribution in [1.82, 2.24) is 9.80 Å². The number of rotatable bonds is 2. The number of nitrogens with zero attached hydrogens (tertiary/aromatic N) is 2. The Morgan fingerprint density at radius 1 is 1.10 bits per heavy atom. The van der Waals surface area contributed by atoms with Crippen molar-refractivity contribution in [2.75, 3.05) is 26.2 Å². The molecule has 4 nitrogen and oxygen atoms in total. The molecule has 0 aromatic heterocycles. The van der Waals surface area contributed by atoms with Crippen LogP contribution in [0.25, 0.3) is 0 Å². The standard InChI is InChI=1S/C16H26N2O2/c19-15-8-14-9-18(4-3-17(14)10-15)16(20)7-13-6-11-1-2-12(13)5-11/h11-15,19H,1-10H2/t11?,12?,13?,14-,15+/m0/s1. The molecule has 2 heterocycles. The van der Waals surface area contributed by atoms with Crippen LogP contribution in [0.3, 0.4) is 0 Å². The zero-order chi connectivity index (χ0) is 13.7. The first-order chi connectivity index (χ1) is 9.69. The lowest BCUT2D eigenvalue weighted by atomic mass is 9.86. The lowest BCUT2D eigenvalue weighted by Gasteiger charge is -2.38. The molecule has 2 bridgehead atoms. The van der Waals surface area contributed by atoms with Gasteiger partial charge in [0.1, 0.15) is 0 Å². The Balaban J connectivity index is 1.33. The molecule has 4 rings (SSSR count). The van der Waals surface area contributed by atoms with Crippen molar-refractivity contribution in [2.45, 2.75) is 50.7 Å². The van der Waals surface area contributed by atoms with Crippen molar-refractivity contribution in [3.05, 3.63) is 0 Å². The number of hydrogen-bond donors (Lipinski definition) is 1. The smallest absolute Gasteiger partial charge is 0.222 e. The maximum absolute atomic E-state index is 12.5. The summed E-state index contributed by atoms with van der Waals surface area (Å²) in [6.07, 6.45) is 6.92. The largest absolute Gasteiger partial charge is 0.392 e. The fourth-order valence-electron chi connectivity index (χ4n) is 5.22. The normalized spacial score (nSPS) is 44.0. The summed E-state index contributed by atoms with van der Waals surface area (Å²) in [5.41, 5.74) is 0. The van der Waals surface area contributed by atoms with Gasteiger partial charge in [-0.3, -0.25) is 9.69 Å². The van der Waals surface area contributed by atoms with Crippen molar-refractivity contribution < 1.29 is 9.90 Å². The predicted octanol–water partition coefficient (Wildman–Crippen LogP) is 1.09. The zero-order valence-electron chi connectivity index (χ0n) is 12.2. The molecular weight excluding hydrogens is 252 g/mol. The molecule has 112 valence electrons. The van der Waals surface area contributed by atoms with Gasteiger partial charge < -0.3 is 10.0 Å². The quantitative estimate of drug-likeness (QED) is 0.822. The van der Waals surface area contributed by atoms with Gasteiger partial charge in [-0.2, -0.15) is 0 Å². The summed E-state index contributed by atoms with van der Waals surface area (Å²) in [6, 6.07) is 0.405. The number of aliphatic hydroxyl groups excluding tert-OH is 1. The monoisotopic (exact) mass is 278 g/mol. The minimum atomic E-state index is -0.180. The van der Waals surface area contributed by atoms with Crippen molar-refractivity contribution in [2.24, 2.45) is 17.8 Å². The third-order valence-electron chi connectivity index (χ3n) is 6.27. The van der Waals surface area contributed by atoms with Crippen LogP contribution in [0.15, 0.2) is 0 Å². The Hall–Kier alpha value is -0.610. The van der Waals surface area contributed by atoms with E-state index in [2.05, 4.69) is 9.80 Å². The average Bonchev–Trinajstić information content (AvgIpc) is 3.10. The molecule has 2 aliphatic carbocycles. The molecule has 1 amide bonds. The molecule has 2 saturated carbocycles. The Morgan fingerprint density at radius 2 is 2.00 bits per heavy atom. The van der Waals surface area contributed by atoms with E-state index in [4.69, 9.17) is 0 Å². The highest BCUT2D eigenvalue weighted by molar-refractivity contribution is 5.76. The van der Waals surface area contributed by atoms with Gasteiger partial charge in [0.05, 0.1) is 6.10 Å². The van der Waals surface area contributed by atoms with E-state index in [1.54, 1.807) is 0 Å². The molecule has 0 aromatic carbocycles. The number of fused-ring (bicyclic) bond motifs is 3. The van der Waals surface area contributed by atoms with E-state index < -0.39 is 0 Å². The number of carbonyl (C=O) groups excluding carboxylic acids is 1. The van der Waals surface area contributed by atoms with Gasteiger partial charge >= 0.3 is 0 Å². The molecule has 4 aliphatic rings. The van der Waals surface area contributed by atoms with Crippen LogP contribution in [0.4, 0.5) is 0 Å². The third kappa shape index (κ3) is 2.27. The van der Waals surface area contributed by atoms with Crippen LogP contribution >= 0.6 is 0 Å². The van der Waals surface area contributed by atoms with Crippen molar-refractivity contribution in [3.63, 3.8) is 0 Å². The molecule has 5 atom stereocenters. The Morgan fingerprint density at radius 3 is 2.75 bits per heavy atom. The Kier molecular flexibility index (Phi) is 3.26. The van der Waals surface area contributed by atoms with Gasteiger partial charge in [-0.25, -0.2) is 0 Å². The van der Waals surface area contributed by atoms with Crippen LogP contribution in [0.2, 0.25) is 0 Å². The van der Waals surface area contributed by atoms with E-state index in [0.717, 1.165) is 50.9 Å². The molecule has 0 aromatic rings. The first-order valence-corrected chi connectivity index (χ1v) is 8.39. The fourth-order valence-corrected chi connectivity index (χ4v) is 5.22. The molecule has 20 heavy (non-hydrogen) atoms. The van der Waals surface area contributed by atoms with Gasteiger partial charge in [0.15, 0.2) is 0 Å². The average molecular weight is 278 g/mol. The van der Waals surface area contributed by atoms with Crippen LogP contribution in [0.1, 0.15) is 38.5 Å². The Labute approximate surface area is 121 Å². The van der Waals surface area contributed by atoms with Gasteiger partial charge in [0.2, 0.25) is 5.91 Å². The summed E-state index contributed by atoms with van der Waals surface area (Å²) in [4.78, 5) is 17.0. The predicted molar refractivity (Wildman–Crippen MR) is 76.1 cm³/mol. The molecular formula is C16H26N2O2. The van der Waals surface area contributed by atoms with E-state index in [1.807, 2.05) is 0 Å². The summed E-state index contributed by atoms with van der Waals surface area (Å²) in [5, 5.41) is 9.74. The lowest BCUT2D eigenvalue weighted by Crippen LogP contribution is -2.52. The van der Waals surface area contributed by atoms with Crippen LogP contribution in [-0.4, -0.2) is 59.1 Å². The second-order valence-electron chi connectivity index (χ2n) is 7.52. The van der Waals surface area contributed by atoms with Crippen LogP contribution < -0.4 is 0 Å². The SMILES string of the molecule is O=C(CC1CC2CCC1C2)N1CCN2C[C@H](O)C[C@H]2C1. The number of hydrogen-bond acceptors (Lipinski definition) is 3. The molecule has 3 unspecified atom stereocenters. The summed E-state index contributed by atoms with van der Waals surface area (Å²) >= 11 is 0. The van der Waals surface area contributed by atoms with Crippen LogP contribution in [0, 0.1) is 17.8 Å². The summed E-state index contributed by atoms with van der Waals surface area (Å²) in [6.45, 7) is 3.46. The second-order valence-corrected chi connectivity index (χ2v) is 7.52. The highest BCUT2D eigenvalue weighted by atomic mass is 16.3. The highest BCUT2D eigenvalue weighted by Gasteiger charge is 2.42. The molecule has 2 saturated heterocycles. The second kappa shape index (κ2) is 4.99. The molecule has 2 aliphatic heterocycles. The first kappa shape index (κ1) is 13.1. The number of piperazine rings is 1. The molecule has 0 radical (unpaired) electrons. The van der Waals surface area contributed by atoms with Crippen LogP contribution in [-0.2, 0) is 4.79 Å². The molecule has 4 fully saturated rings. The molecule has 0 spiro atoms. The van der Waals surface area contributed by atoms with E-state index >= 15 is 0 Å². The Bertz CT molecular complexity index is 400. The third-order valence-corrected chi connectivity index (χ3v) is 6.27. The summed E-state index contributed by atoms with van der Waals surface area (Å²) in [7, 11) is 0. The van der Waals surface area contributed by atoms with E-state index in [0.29, 0.717) is 17.9 Å². The highest BCUT2D eigenvalue weighted by Crippen LogP contribution is 2.49. The van der Waals surface area contributed by atoms with Crippen molar-refractivity contribution in [3.8, 4) is 0 Å². The van der Waals surface area contributed by atoms with Gasteiger partial charge in [-0.15, -0.1) is 0 Å². The van der Waals surface area contributed by atoms with Gasteiger partial charge in [-0.05, 0) is 43.4 Å². The van der Waals surface area contributed by atoms with Crippen LogP contribution in [0.5, 0.6) is 0 Å². The van der Waals surface area contributed by atoms with Crippen molar-refractivity contribution >= 4 is 5.91 Å².